The molecule has 1 unspecified atom stereocenters. The van der Waals surface area contributed by atoms with Crippen molar-refractivity contribution >= 4 is 11.9 Å². The molecule has 90 valence electrons. The molecule has 0 aliphatic carbocycles. The molecule has 0 spiro atoms. The Morgan fingerprint density at radius 1 is 1.19 bits per heavy atom. The van der Waals surface area contributed by atoms with E-state index in [4.69, 9.17) is 15.2 Å². The molecular formula is C11H17NO4. The highest BCUT2D eigenvalue weighted by Crippen LogP contribution is 2.04. The first-order valence-corrected chi connectivity index (χ1v) is 4.96. The van der Waals surface area contributed by atoms with E-state index in [2.05, 4.69) is 13.2 Å². The van der Waals surface area contributed by atoms with Crippen LogP contribution in [0.5, 0.6) is 0 Å². The zero-order chi connectivity index (χ0) is 12.4. The van der Waals surface area contributed by atoms with Gasteiger partial charge in [-0.1, -0.05) is 13.2 Å². The Bertz CT molecular complexity index is 263. The van der Waals surface area contributed by atoms with Crippen molar-refractivity contribution in [2.24, 2.45) is 5.73 Å². The number of hydrogen-bond donors (Lipinski definition) is 1. The van der Waals surface area contributed by atoms with E-state index in [1.54, 1.807) is 0 Å². The number of carbonyl (C=O) groups is 2. The Morgan fingerprint density at radius 3 is 2.31 bits per heavy atom. The molecular weight excluding hydrogens is 210 g/mol. The van der Waals surface area contributed by atoms with Crippen molar-refractivity contribution in [1.29, 1.82) is 0 Å². The van der Waals surface area contributed by atoms with E-state index in [9.17, 15) is 9.59 Å². The molecule has 0 saturated carbocycles. The molecule has 0 aromatic heterocycles. The van der Waals surface area contributed by atoms with Gasteiger partial charge in [-0.25, -0.2) is 9.59 Å². The molecule has 0 rings (SSSR count). The lowest BCUT2D eigenvalue weighted by Crippen LogP contribution is -2.22. The summed E-state index contributed by atoms with van der Waals surface area (Å²) in [5.74, 6) is -1.00. The Balaban J connectivity index is 3.92. The van der Waals surface area contributed by atoms with Gasteiger partial charge in [0.05, 0.1) is 6.61 Å². The van der Waals surface area contributed by atoms with Crippen molar-refractivity contribution in [3.8, 4) is 0 Å². The Labute approximate surface area is 94.9 Å². The minimum atomic E-state index is -0.506. The maximum absolute atomic E-state index is 10.9. The van der Waals surface area contributed by atoms with Gasteiger partial charge in [0.1, 0.15) is 6.10 Å². The van der Waals surface area contributed by atoms with E-state index in [-0.39, 0.29) is 12.7 Å². The lowest BCUT2D eigenvalue weighted by atomic mass is 10.2. The Kier molecular flexibility index (Phi) is 7.79. The van der Waals surface area contributed by atoms with Crippen molar-refractivity contribution in [3.63, 3.8) is 0 Å². The first-order valence-electron chi connectivity index (χ1n) is 4.96. The number of rotatable bonds is 8. The molecule has 0 fully saturated rings. The van der Waals surface area contributed by atoms with Crippen LogP contribution in [0.2, 0.25) is 0 Å². The second kappa shape index (κ2) is 8.67. The summed E-state index contributed by atoms with van der Waals surface area (Å²) >= 11 is 0. The fourth-order valence-electron chi connectivity index (χ4n) is 1.01. The summed E-state index contributed by atoms with van der Waals surface area (Å²) in [6, 6.07) is 0. The summed E-state index contributed by atoms with van der Waals surface area (Å²) in [7, 11) is 0. The topological polar surface area (TPSA) is 78.6 Å². The van der Waals surface area contributed by atoms with Crippen LogP contribution in [0.3, 0.4) is 0 Å². The highest BCUT2D eigenvalue weighted by molar-refractivity contribution is 5.81. The van der Waals surface area contributed by atoms with Crippen LogP contribution in [-0.2, 0) is 19.1 Å². The normalized spacial score (nSPS) is 11.3. The second-order valence-electron chi connectivity index (χ2n) is 3.00. The molecule has 0 aromatic rings. The van der Waals surface area contributed by atoms with Crippen LogP contribution in [0.1, 0.15) is 12.8 Å². The van der Waals surface area contributed by atoms with E-state index >= 15 is 0 Å². The molecule has 1 atom stereocenters. The summed E-state index contributed by atoms with van der Waals surface area (Å²) in [5.41, 5.74) is 5.36. The second-order valence-corrected chi connectivity index (χ2v) is 3.00. The predicted octanol–water partition coefficient (Wildman–Crippen LogP) is 0.552. The van der Waals surface area contributed by atoms with Crippen LogP contribution < -0.4 is 5.73 Å². The molecule has 0 aromatic carbocycles. The molecule has 0 bridgehead atoms. The smallest absolute Gasteiger partial charge is 0.330 e. The molecule has 0 saturated heterocycles. The van der Waals surface area contributed by atoms with Crippen molar-refractivity contribution in [2.75, 3.05) is 13.2 Å². The highest BCUT2D eigenvalue weighted by atomic mass is 16.6. The fraction of sp³-hybridized carbons (Fsp3) is 0.455. The summed E-state index contributed by atoms with van der Waals surface area (Å²) in [5, 5.41) is 0. The summed E-state index contributed by atoms with van der Waals surface area (Å²) in [6.07, 6.45) is 2.74. The van der Waals surface area contributed by atoms with Gasteiger partial charge >= 0.3 is 11.9 Å². The molecule has 0 aliphatic heterocycles. The van der Waals surface area contributed by atoms with Gasteiger partial charge in [-0.2, -0.15) is 0 Å². The van der Waals surface area contributed by atoms with Crippen molar-refractivity contribution in [1.82, 2.24) is 0 Å². The van der Waals surface area contributed by atoms with Crippen LogP contribution in [0, 0.1) is 0 Å². The third-order valence-corrected chi connectivity index (χ3v) is 1.79. The maximum atomic E-state index is 10.9. The summed E-state index contributed by atoms with van der Waals surface area (Å²) < 4.78 is 9.77. The quantitative estimate of drug-likeness (QED) is 0.484. The third kappa shape index (κ3) is 6.78. The van der Waals surface area contributed by atoms with Crippen LogP contribution in [0.4, 0.5) is 0 Å². The van der Waals surface area contributed by atoms with E-state index in [1.807, 2.05) is 0 Å². The number of esters is 2. The average Bonchev–Trinajstić information content (AvgIpc) is 2.28. The van der Waals surface area contributed by atoms with Gasteiger partial charge in [-0.3, -0.25) is 0 Å². The van der Waals surface area contributed by atoms with Gasteiger partial charge in [-0.05, 0) is 13.0 Å². The molecule has 0 radical (unpaired) electrons. The number of nitrogens with two attached hydrogens (primary N) is 1. The van der Waals surface area contributed by atoms with Gasteiger partial charge in [0.15, 0.2) is 0 Å². The average molecular weight is 227 g/mol. The van der Waals surface area contributed by atoms with E-state index < -0.39 is 11.9 Å². The minimum absolute atomic E-state index is 0.167. The largest absolute Gasteiger partial charge is 0.462 e. The van der Waals surface area contributed by atoms with E-state index in [0.717, 1.165) is 12.2 Å². The fourth-order valence-corrected chi connectivity index (χ4v) is 1.01. The zero-order valence-corrected chi connectivity index (χ0v) is 9.19. The van der Waals surface area contributed by atoms with Crippen LogP contribution in [0.15, 0.2) is 25.3 Å². The molecule has 0 amide bonds. The summed E-state index contributed by atoms with van der Waals surface area (Å²) in [6.45, 7) is 7.11. The van der Waals surface area contributed by atoms with Gasteiger partial charge in [0.2, 0.25) is 0 Å². The van der Waals surface area contributed by atoms with Crippen molar-refractivity contribution < 1.29 is 19.1 Å². The van der Waals surface area contributed by atoms with E-state index in [1.165, 1.54) is 0 Å². The van der Waals surface area contributed by atoms with Gasteiger partial charge in [0.25, 0.3) is 0 Å². The van der Waals surface area contributed by atoms with Crippen molar-refractivity contribution in [2.45, 2.75) is 18.9 Å². The minimum Gasteiger partial charge on any atom is -0.462 e. The standard InChI is InChI=1S/C11H17NO4/c1-3-10(13)15-8-6-9(5-7-12)16-11(14)4-2/h3-4,9H,1-2,5-8,12H2. The Hall–Kier alpha value is -1.62. The third-order valence-electron chi connectivity index (χ3n) is 1.79. The number of carbonyl (C=O) groups excluding carboxylic acids is 2. The number of hydrogen-bond acceptors (Lipinski definition) is 5. The van der Waals surface area contributed by atoms with Crippen LogP contribution in [-0.4, -0.2) is 31.2 Å². The molecule has 5 nitrogen and oxygen atoms in total. The molecule has 5 heteroatoms. The van der Waals surface area contributed by atoms with E-state index in [0.29, 0.717) is 19.4 Å². The first-order chi connectivity index (χ1) is 7.63. The van der Waals surface area contributed by atoms with Crippen LogP contribution >= 0.6 is 0 Å². The van der Waals surface area contributed by atoms with Crippen LogP contribution in [0.25, 0.3) is 0 Å². The SMILES string of the molecule is C=CC(=O)OCCC(CCN)OC(=O)C=C. The molecule has 16 heavy (non-hydrogen) atoms. The molecule has 0 aliphatic rings. The maximum Gasteiger partial charge on any atom is 0.330 e. The van der Waals surface area contributed by atoms with Gasteiger partial charge in [-0.15, -0.1) is 0 Å². The Morgan fingerprint density at radius 2 is 1.81 bits per heavy atom. The van der Waals surface area contributed by atoms with Crippen molar-refractivity contribution in [3.05, 3.63) is 25.3 Å². The highest BCUT2D eigenvalue weighted by Gasteiger charge is 2.12. The molecule has 0 heterocycles. The lowest BCUT2D eigenvalue weighted by molar-refractivity contribution is -0.145. The zero-order valence-electron chi connectivity index (χ0n) is 9.19. The predicted molar refractivity (Wildman–Crippen MR) is 59.5 cm³/mol. The molecule has 2 N–H and O–H groups in total. The summed E-state index contributed by atoms with van der Waals surface area (Å²) in [4.78, 5) is 21.7. The monoisotopic (exact) mass is 227 g/mol. The first kappa shape index (κ1) is 14.4. The number of ether oxygens (including phenoxy) is 2. The van der Waals surface area contributed by atoms with Gasteiger partial charge in [0, 0.05) is 18.6 Å². The lowest BCUT2D eigenvalue weighted by Gasteiger charge is -2.15. The van der Waals surface area contributed by atoms with Gasteiger partial charge < -0.3 is 15.2 Å².